The minimum atomic E-state index is -0.368. The van der Waals surface area contributed by atoms with E-state index < -0.39 is 0 Å². The third kappa shape index (κ3) is 2.20. The molecule has 0 saturated carbocycles. The maximum Gasteiger partial charge on any atom is 0.347 e. The summed E-state index contributed by atoms with van der Waals surface area (Å²) >= 11 is 5.75. The SMILES string of the molecule is Nc1ncccc1Cn1cc(Cl)cnc1=O. The predicted octanol–water partition coefficient (Wildman–Crippen LogP) is 0.922. The minimum absolute atomic E-state index is 0.312. The summed E-state index contributed by atoms with van der Waals surface area (Å²) in [6.07, 6.45) is 4.42. The van der Waals surface area contributed by atoms with Gasteiger partial charge in [0.2, 0.25) is 0 Å². The fourth-order valence-electron chi connectivity index (χ4n) is 1.31. The summed E-state index contributed by atoms with van der Waals surface area (Å²) in [6.45, 7) is 0.312. The molecule has 0 saturated heterocycles. The van der Waals surface area contributed by atoms with Gasteiger partial charge in [0.25, 0.3) is 0 Å². The van der Waals surface area contributed by atoms with Crippen molar-refractivity contribution in [3.05, 3.63) is 51.8 Å². The number of hydrogen-bond donors (Lipinski definition) is 1. The molecule has 0 aromatic carbocycles. The number of hydrogen-bond acceptors (Lipinski definition) is 4. The second-order valence-electron chi connectivity index (χ2n) is 3.23. The smallest absolute Gasteiger partial charge is 0.347 e. The summed E-state index contributed by atoms with van der Waals surface area (Å²) < 4.78 is 1.38. The van der Waals surface area contributed by atoms with Gasteiger partial charge in [-0.25, -0.2) is 14.8 Å². The number of pyridine rings is 1. The first-order valence-electron chi connectivity index (χ1n) is 4.58. The molecular weight excluding hydrogens is 228 g/mol. The molecule has 0 aliphatic carbocycles. The first-order chi connectivity index (χ1) is 7.66. The highest BCUT2D eigenvalue weighted by atomic mass is 35.5. The van der Waals surface area contributed by atoms with Crippen LogP contribution in [0, 0.1) is 0 Å². The van der Waals surface area contributed by atoms with E-state index in [1.807, 2.05) is 0 Å². The molecule has 2 aromatic heterocycles. The first-order valence-corrected chi connectivity index (χ1v) is 4.96. The van der Waals surface area contributed by atoms with Crippen molar-refractivity contribution in [1.29, 1.82) is 0 Å². The summed E-state index contributed by atoms with van der Waals surface area (Å²) in [7, 11) is 0. The standard InChI is InChI=1S/C10H9ClN4O/c11-8-4-14-10(16)15(6-8)5-7-2-1-3-13-9(7)12/h1-4,6H,5H2,(H2,12,13). The fraction of sp³-hybridized carbons (Fsp3) is 0.100. The molecule has 16 heavy (non-hydrogen) atoms. The second-order valence-corrected chi connectivity index (χ2v) is 3.67. The van der Waals surface area contributed by atoms with E-state index in [0.717, 1.165) is 5.56 Å². The zero-order chi connectivity index (χ0) is 11.5. The Labute approximate surface area is 96.5 Å². The molecule has 0 unspecified atom stereocenters. The van der Waals surface area contributed by atoms with E-state index in [2.05, 4.69) is 9.97 Å². The average Bonchev–Trinajstić information content (AvgIpc) is 2.27. The third-order valence-corrected chi connectivity index (χ3v) is 2.29. The summed E-state index contributed by atoms with van der Waals surface area (Å²) in [6, 6.07) is 3.56. The Balaban J connectivity index is 2.38. The lowest BCUT2D eigenvalue weighted by atomic mass is 10.2. The highest BCUT2D eigenvalue weighted by Gasteiger charge is 2.03. The molecule has 0 atom stereocenters. The van der Waals surface area contributed by atoms with Gasteiger partial charge in [-0.2, -0.15) is 0 Å². The Hall–Kier alpha value is -1.88. The quantitative estimate of drug-likeness (QED) is 0.842. The van der Waals surface area contributed by atoms with Crippen LogP contribution in [0.3, 0.4) is 0 Å². The van der Waals surface area contributed by atoms with Crippen molar-refractivity contribution in [2.45, 2.75) is 6.54 Å². The van der Waals surface area contributed by atoms with Gasteiger partial charge in [0.15, 0.2) is 0 Å². The van der Waals surface area contributed by atoms with Crippen molar-refractivity contribution in [3.63, 3.8) is 0 Å². The molecule has 6 heteroatoms. The number of rotatable bonds is 2. The van der Waals surface area contributed by atoms with E-state index in [1.165, 1.54) is 17.0 Å². The zero-order valence-electron chi connectivity index (χ0n) is 8.30. The zero-order valence-corrected chi connectivity index (χ0v) is 9.05. The van der Waals surface area contributed by atoms with Crippen LogP contribution >= 0.6 is 11.6 Å². The molecule has 2 rings (SSSR count). The van der Waals surface area contributed by atoms with Crippen molar-refractivity contribution in [2.75, 3.05) is 5.73 Å². The maximum absolute atomic E-state index is 11.4. The van der Waals surface area contributed by atoms with Gasteiger partial charge in [-0.3, -0.25) is 4.57 Å². The van der Waals surface area contributed by atoms with Gasteiger partial charge in [0.05, 0.1) is 17.8 Å². The Bertz CT molecular complexity index is 567. The predicted molar refractivity (Wildman–Crippen MR) is 61.3 cm³/mol. The van der Waals surface area contributed by atoms with Crippen molar-refractivity contribution in [2.24, 2.45) is 0 Å². The number of nitrogen functional groups attached to an aromatic ring is 1. The van der Waals surface area contributed by atoms with Gasteiger partial charge in [-0.05, 0) is 6.07 Å². The Morgan fingerprint density at radius 3 is 3.00 bits per heavy atom. The number of nitrogens with two attached hydrogens (primary N) is 1. The topological polar surface area (TPSA) is 73.8 Å². The van der Waals surface area contributed by atoms with E-state index in [0.29, 0.717) is 17.4 Å². The molecule has 2 heterocycles. The van der Waals surface area contributed by atoms with Crippen molar-refractivity contribution in [3.8, 4) is 0 Å². The van der Waals surface area contributed by atoms with Gasteiger partial charge in [-0.15, -0.1) is 0 Å². The van der Waals surface area contributed by atoms with E-state index >= 15 is 0 Å². The van der Waals surface area contributed by atoms with E-state index in [9.17, 15) is 4.79 Å². The highest BCUT2D eigenvalue weighted by molar-refractivity contribution is 6.30. The molecule has 0 amide bonds. The summed E-state index contributed by atoms with van der Waals surface area (Å²) in [5.41, 5.74) is 6.07. The summed E-state index contributed by atoms with van der Waals surface area (Å²) in [4.78, 5) is 19.0. The Kier molecular flexibility index (Phi) is 2.87. The van der Waals surface area contributed by atoms with Crippen LogP contribution in [0.1, 0.15) is 5.56 Å². The Morgan fingerprint density at radius 2 is 2.25 bits per heavy atom. The lowest BCUT2D eigenvalue weighted by Gasteiger charge is -2.06. The van der Waals surface area contributed by atoms with Gasteiger partial charge in [0, 0.05) is 18.0 Å². The van der Waals surface area contributed by atoms with Gasteiger partial charge in [0.1, 0.15) is 5.82 Å². The molecule has 0 aliphatic rings. The van der Waals surface area contributed by atoms with Crippen molar-refractivity contribution >= 4 is 17.4 Å². The molecule has 0 bridgehead atoms. The van der Waals surface area contributed by atoms with Crippen LogP contribution in [0.15, 0.2) is 35.5 Å². The van der Waals surface area contributed by atoms with Crippen LogP contribution in [-0.2, 0) is 6.54 Å². The molecule has 5 nitrogen and oxygen atoms in total. The lowest BCUT2D eigenvalue weighted by molar-refractivity contribution is 0.726. The van der Waals surface area contributed by atoms with Crippen LogP contribution in [-0.4, -0.2) is 14.5 Å². The Morgan fingerprint density at radius 1 is 1.44 bits per heavy atom. The third-order valence-electron chi connectivity index (χ3n) is 2.09. The molecule has 2 aromatic rings. The molecule has 0 fully saturated rings. The van der Waals surface area contributed by atoms with Crippen LogP contribution in [0.4, 0.5) is 5.82 Å². The van der Waals surface area contributed by atoms with Crippen LogP contribution in [0.25, 0.3) is 0 Å². The van der Waals surface area contributed by atoms with Crippen LogP contribution in [0.5, 0.6) is 0 Å². The monoisotopic (exact) mass is 236 g/mol. The van der Waals surface area contributed by atoms with Gasteiger partial charge in [-0.1, -0.05) is 17.7 Å². The summed E-state index contributed by atoms with van der Waals surface area (Å²) in [5, 5.41) is 0.405. The fourth-order valence-corrected chi connectivity index (χ4v) is 1.48. The minimum Gasteiger partial charge on any atom is -0.383 e. The molecule has 0 radical (unpaired) electrons. The van der Waals surface area contributed by atoms with E-state index in [4.69, 9.17) is 17.3 Å². The number of halogens is 1. The molecule has 0 spiro atoms. The lowest BCUT2D eigenvalue weighted by Crippen LogP contribution is -2.22. The normalized spacial score (nSPS) is 10.3. The van der Waals surface area contributed by atoms with Crippen LogP contribution < -0.4 is 11.4 Å². The van der Waals surface area contributed by atoms with Crippen LogP contribution in [0.2, 0.25) is 5.02 Å². The molecular formula is C10H9ClN4O. The van der Waals surface area contributed by atoms with E-state index in [-0.39, 0.29) is 5.69 Å². The largest absolute Gasteiger partial charge is 0.383 e. The maximum atomic E-state index is 11.4. The first kappa shape index (κ1) is 10.6. The number of aromatic nitrogens is 3. The summed E-state index contributed by atoms with van der Waals surface area (Å²) in [5.74, 6) is 0.398. The van der Waals surface area contributed by atoms with E-state index in [1.54, 1.807) is 18.3 Å². The van der Waals surface area contributed by atoms with Crippen molar-refractivity contribution < 1.29 is 0 Å². The second kappa shape index (κ2) is 4.32. The molecule has 2 N–H and O–H groups in total. The van der Waals surface area contributed by atoms with Gasteiger partial charge < -0.3 is 5.73 Å². The van der Waals surface area contributed by atoms with Gasteiger partial charge >= 0.3 is 5.69 Å². The van der Waals surface area contributed by atoms with Crippen molar-refractivity contribution in [1.82, 2.24) is 14.5 Å². The number of nitrogens with zero attached hydrogens (tertiary/aromatic N) is 3. The highest BCUT2D eigenvalue weighted by Crippen LogP contribution is 2.09. The average molecular weight is 237 g/mol. The molecule has 82 valence electrons. The molecule has 0 aliphatic heterocycles. The number of anilines is 1.